The molecule has 1 aromatic carbocycles. The highest BCUT2D eigenvalue weighted by Gasteiger charge is 2.46. The molecule has 0 fully saturated rings. The molecule has 0 saturated heterocycles. The fourth-order valence-electron chi connectivity index (χ4n) is 6.38. The molecule has 0 amide bonds. The number of ether oxygens (including phenoxy) is 3. The quantitative estimate of drug-likeness (QED) is 0.0837. The molecule has 0 bridgehead atoms. The van der Waals surface area contributed by atoms with Crippen LogP contribution in [0.15, 0.2) is 24.3 Å². The van der Waals surface area contributed by atoms with Gasteiger partial charge < -0.3 is 32.6 Å². The summed E-state index contributed by atoms with van der Waals surface area (Å²) in [6, 6.07) is 3.70. The first-order valence-corrected chi connectivity index (χ1v) is 29.8. The number of carbonyl (C=O) groups is 1. The topological polar surface area (TPSA) is 92.7 Å². The van der Waals surface area contributed by atoms with E-state index < -0.39 is 36.7 Å². The van der Waals surface area contributed by atoms with Gasteiger partial charge in [0.2, 0.25) is 5.79 Å². The van der Waals surface area contributed by atoms with Crippen LogP contribution < -0.4 is 9.47 Å². The van der Waals surface area contributed by atoms with Gasteiger partial charge in [0.25, 0.3) is 0 Å². The van der Waals surface area contributed by atoms with Gasteiger partial charge in [0.15, 0.2) is 25.0 Å². The van der Waals surface area contributed by atoms with Crippen molar-refractivity contribution in [2.75, 3.05) is 13.7 Å². The molecule has 8 nitrogen and oxygen atoms in total. The van der Waals surface area contributed by atoms with Gasteiger partial charge in [-0.15, -0.1) is 0 Å². The van der Waals surface area contributed by atoms with Gasteiger partial charge >= 0.3 is 5.97 Å². The number of fused-ring (bicyclic) bond motifs is 1. The molecular weight excluding hydrogens is 753 g/mol. The molecule has 0 spiro atoms. The third-order valence-electron chi connectivity index (χ3n) is 13.4. The van der Waals surface area contributed by atoms with Crippen LogP contribution in [0.2, 0.25) is 54.4 Å². The van der Waals surface area contributed by atoms with Gasteiger partial charge in [0.05, 0.1) is 25.4 Å². The molecule has 0 aromatic heterocycles. The fourth-order valence-corrected chi connectivity index (χ4v) is 10.7. The molecule has 11 heteroatoms. The van der Waals surface area contributed by atoms with Gasteiger partial charge in [-0.25, -0.2) is 4.79 Å². The Bertz CT molecular complexity index is 1460. The summed E-state index contributed by atoms with van der Waals surface area (Å²) in [7, 11) is -4.86. The molecule has 1 aliphatic heterocycles. The molecular formula is C45H84O8Si3. The second-order valence-electron chi connectivity index (χ2n) is 21.7. The molecule has 6 atom stereocenters. The van der Waals surface area contributed by atoms with Crippen molar-refractivity contribution in [3.8, 4) is 11.5 Å². The van der Waals surface area contributed by atoms with Crippen molar-refractivity contribution in [2.24, 2.45) is 17.8 Å². The number of carbonyl (C=O) groups excluding carboxylic acids is 1. The molecule has 1 aromatic rings. The van der Waals surface area contributed by atoms with E-state index in [1.54, 1.807) is 27.0 Å². The molecule has 1 heterocycles. The third kappa shape index (κ3) is 13.3. The van der Waals surface area contributed by atoms with Crippen molar-refractivity contribution in [2.45, 2.75) is 201 Å². The zero-order valence-electron chi connectivity index (χ0n) is 39.6. The van der Waals surface area contributed by atoms with Crippen LogP contribution in [0.25, 0.3) is 0 Å². The summed E-state index contributed by atoms with van der Waals surface area (Å²) >= 11 is 0. The smallest absolute Gasteiger partial charge is 0.345 e. The number of aliphatic hydroxyl groups is 1. The number of hydrogen-bond acceptors (Lipinski definition) is 8. The summed E-state index contributed by atoms with van der Waals surface area (Å²) in [6.45, 7) is 44.8. The van der Waals surface area contributed by atoms with E-state index in [1.807, 2.05) is 6.07 Å². The van der Waals surface area contributed by atoms with Crippen LogP contribution in [-0.4, -0.2) is 73.8 Å². The highest BCUT2D eigenvalue weighted by molar-refractivity contribution is 6.75. The first-order valence-electron chi connectivity index (χ1n) is 21.1. The SMILES string of the molecule is COc1cc(C[C@@H](O[Si](C)(C)C(C)(C)C)[C@@H](C)C/C=C\C[C@H](O[Si](C)(C)C(C)(C)C)[C@@H](C)[C@H](O[Si](C)(C)C(C)(C)C)[C@H](C)CCO)c2c(c1)OC(C)(C)OC2=O. The third-order valence-corrected chi connectivity index (χ3v) is 26.9. The molecule has 56 heavy (non-hydrogen) atoms. The van der Waals surface area contributed by atoms with Crippen molar-refractivity contribution in [1.29, 1.82) is 0 Å². The maximum absolute atomic E-state index is 13.4. The Kier molecular flexibility index (Phi) is 17.0. The zero-order chi connectivity index (χ0) is 43.5. The van der Waals surface area contributed by atoms with Crippen molar-refractivity contribution in [3.63, 3.8) is 0 Å². The summed E-state index contributed by atoms with van der Waals surface area (Å²) in [5.74, 6) is 0.0827. The minimum Gasteiger partial charge on any atom is -0.497 e. The lowest BCUT2D eigenvalue weighted by atomic mass is 9.86. The minimum atomic E-state index is -2.22. The zero-order valence-corrected chi connectivity index (χ0v) is 42.6. The lowest BCUT2D eigenvalue weighted by Gasteiger charge is -2.46. The Morgan fingerprint density at radius 1 is 0.732 bits per heavy atom. The Hall–Kier alpha value is -1.48. The molecule has 1 N–H and O–H groups in total. The number of hydrogen-bond donors (Lipinski definition) is 1. The summed E-state index contributed by atoms with van der Waals surface area (Å²) < 4.78 is 39.2. The Balaban J connectivity index is 2.53. The van der Waals surface area contributed by atoms with Crippen molar-refractivity contribution >= 4 is 30.9 Å². The van der Waals surface area contributed by atoms with E-state index in [4.69, 9.17) is 27.5 Å². The lowest BCUT2D eigenvalue weighted by Crippen LogP contribution is -2.52. The number of rotatable bonds is 19. The van der Waals surface area contributed by atoms with E-state index in [0.29, 0.717) is 29.9 Å². The van der Waals surface area contributed by atoms with Gasteiger partial charge in [-0.05, 0) is 104 Å². The van der Waals surface area contributed by atoms with Crippen LogP contribution >= 0.6 is 0 Å². The molecule has 0 aliphatic carbocycles. The molecule has 0 saturated carbocycles. The number of benzene rings is 1. The molecule has 324 valence electrons. The second kappa shape index (κ2) is 18.8. The average Bonchev–Trinajstić information content (AvgIpc) is 3.01. The summed E-state index contributed by atoms with van der Waals surface area (Å²) in [4.78, 5) is 13.4. The molecule has 0 radical (unpaired) electrons. The van der Waals surface area contributed by atoms with Crippen molar-refractivity contribution < 1.29 is 37.4 Å². The number of esters is 1. The van der Waals surface area contributed by atoms with Crippen LogP contribution in [-0.2, 0) is 24.4 Å². The normalized spacial score (nSPS) is 19.1. The van der Waals surface area contributed by atoms with Gasteiger partial charge in [-0.2, -0.15) is 0 Å². The van der Waals surface area contributed by atoms with Gasteiger partial charge in [0.1, 0.15) is 17.1 Å². The summed E-state index contributed by atoms with van der Waals surface area (Å²) in [5, 5.41) is 10.1. The second-order valence-corrected chi connectivity index (χ2v) is 36.0. The standard InChI is InChI=1S/C45H84O8Si3/c1-31(37(52-55(18,19)43(7,8)9)29-34-28-35(48-15)30-38-39(34)41(47)50-45(13,14)49-38)24-22-23-25-36(51-54(16,17)42(4,5)6)33(3)40(32(2)26-27-46)53-56(20,21)44(10,11)12/h22-23,28,30-33,36-37,40,46H,24-27,29H2,1-21H3/b23-22-/t31-,32+,33+,36-,37+,40+/m0/s1. The minimum absolute atomic E-state index is 0.00130. The average molecular weight is 837 g/mol. The predicted molar refractivity (Wildman–Crippen MR) is 241 cm³/mol. The predicted octanol–water partition coefficient (Wildman–Crippen LogP) is 12.3. The first-order chi connectivity index (χ1) is 25.2. The largest absolute Gasteiger partial charge is 0.497 e. The van der Waals surface area contributed by atoms with Crippen LogP contribution in [0.3, 0.4) is 0 Å². The monoisotopic (exact) mass is 837 g/mol. The van der Waals surface area contributed by atoms with Crippen LogP contribution in [0, 0.1) is 17.8 Å². The Morgan fingerprint density at radius 3 is 1.70 bits per heavy atom. The highest BCUT2D eigenvalue weighted by Crippen LogP contribution is 2.44. The van der Waals surface area contributed by atoms with Crippen molar-refractivity contribution in [1.82, 2.24) is 0 Å². The highest BCUT2D eigenvalue weighted by atomic mass is 28.4. The van der Waals surface area contributed by atoms with Gasteiger partial charge in [-0.1, -0.05) is 95.2 Å². The van der Waals surface area contributed by atoms with E-state index in [2.05, 4.69) is 135 Å². The summed E-state index contributed by atoms with van der Waals surface area (Å²) in [5.41, 5.74) is 1.25. The number of methoxy groups -OCH3 is 1. The van der Waals surface area contributed by atoms with E-state index in [9.17, 15) is 9.90 Å². The molecule has 2 rings (SSSR count). The number of allylic oxidation sites excluding steroid dienone is 1. The number of aliphatic hydroxyl groups excluding tert-OH is 1. The van der Waals surface area contributed by atoms with Crippen molar-refractivity contribution in [3.05, 3.63) is 35.4 Å². The van der Waals surface area contributed by atoms with Crippen LogP contribution in [0.1, 0.15) is 132 Å². The van der Waals surface area contributed by atoms with E-state index in [-0.39, 0.29) is 57.8 Å². The van der Waals surface area contributed by atoms with E-state index >= 15 is 0 Å². The number of cyclic esters (lactones) is 1. The fraction of sp³-hybridized carbons (Fsp3) is 0.800. The molecule has 1 aliphatic rings. The maximum Gasteiger partial charge on any atom is 0.345 e. The Labute approximate surface area is 346 Å². The van der Waals surface area contributed by atoms with E-state index in [1.165, 1.54) is 0 Å². The Morgan fingerprint density at radius 2 is 1.21 bits per heavy atom. The van der Waals surface area contributed by atoms with Gasteiger partial charge in [-0.3, -0.25) is 0 Å². The summed E-state index contributed by atoms with van der Waals surface area (Å²) in [6.07, 6.45) is 7.11. The van der Waals surface area contributed by atoms with E-state index in [0.717, 1.165) is 18.4 Å². The lowest BCUT2D eigenvalue weighted by molar-refractivity contribution is -0.127. The first kappa shape index (κ1) is 50.7. The maximum atomic E-state index is 13.4. The van der Waals surface area contributed by atoms with Gasteiger partial charge in [0, 0.05) is 32.4 Å². The molecule has 0 unspecified atom stereocenters. The van der Waals surface area contributed by atoms with Crippen LogP contribution in [0.5, 0.6) is 11.5 Å². The van der Waals surface area contributed by atoms with Crippen LogP contribution in [0.4, 0.5) is 0 Å².